The summed E-state index contributed by atoms with van der Waals surface area (Å²) < 4.78 is 0. The average Bonchev–Trinajstić information content (AvgIpc) is 2.68. The molecule has 2 aromatic carbocycles. The Kier molecular flexibility index (Phi) is 7.10. The van der Waals surface area contributed by atoms with E-state index in [4.69, 9.17) is 11.6 Å². The molecule has 1 aliphatic heterocycles. The van der Waals surface area contributed by atoms with Crippen molar-refractivity contribution in [3.8, 4) is 0 Å². The fraction of sp³-hybridized carbons (Fsp3) is 0.409. The zero-order chi connectivity index (χ0) is 18.2. The molecule has 138 valence electrons. The first-order valence-electron chi connectivity index (χ1n) is 9.48. The van der Waals surface area contributed by atoms with Gasteiger partial charge in [-0.2, -0.15) is 0 Å². The van der Waals surface area contributed by atoms with Crippen molar-refractivity contribution in [2.24, 2.45) is 5.92 Å². The first-order valence-corrected chi connectivity index (χ1v) is 9.86. The van der Waals surface area contributed by atoms with Gasteiger partial charge in [0.1, 0.15) is 0 Å². The molecule has 0 spiro atoms. The lowest BCUT2D eigenvalue weighted by Gasteiger charge is -2.32. The fourth-order valence-corrected chi connectivity index (χ4v) is 3.75. The van der Waals surface area contributed by atoms with Crippen molar-refractivity contribution in [1.29, 1.82) is 0 Å². The summed E-state index contributed by atoms with van der Waals surface area (Å²) >= 11 is 6.14. The molecule has 2 aromatic rings. The van der Waals surface area contributed by atoms with Crippen LogP contribution in [0.5, 0.6) is 0 Å². The largest absolute Gasteiger partial charge is 0.343 e. The lowest BCUT2D eigenvalue weighted by Crippen LogP contribution is -2.39. The second-order valence-electron chi connectivity index (χ2n) is 7.03. The summed E-state index contributed by atoms with van der Waals surface area (Å²) in [5.41, 5.74) is 2.48. The van der Waals surface area contributed by atoms with E-state index >= 15 is 0 Å². The summed E-state index contributed by atoms with van der Waals surface area (Å²) in [6.45, 7) is 3.17. The molecule has 0 aliphatic carbocycles. The van der Waals surface area contributed by atoms with Gasteiger partial charge in [0, 0.05) is 37.6 Å². The number of piperidine rings is 1. The average molecular weight is 371 g/mol. The second-order valence-corrected chi connectivity index (χ2v) is 7.44. The first kappa shape index (κ1) is 18.9. The number of benzene rings is 2. The highest BCUT2D eigenvalue weighted by molar-refractivity contribution is 6.31. The van der Waals surface area contributed by atoms with E-state index in [2.05, 4.69) is 35.6 Å². The van der Waals surface area contributed by atoms with Crippen LogP contribution in [-0.2, 0) is 17.8 Å². The van der Waals surface area contributed by atoms with Gasteiger partial charge in [-0.25, -0.2) is 0 Å². The third-order valence-electron chi connectivity index (χ3n) is 5.12. The Labute approximate surface area is 161 Å². The van der Waals surface area contributed by atoms with Crippen molar-refractivity contribution in [3.63, 3.8) is 0 Å². The quantitative estimate of drug-likeness (QED) is 0.737. The maximum atomic E-state index is 12.4. The van der Waals surface area contributed by atoms with Crippen molar-refractivity contribution in [3.05, 3.63) is 70.7 Å². The first-order chi connectivity index (χ1) is 12.7. The summed E-state index contributed by atoms with van der Waals surface area (Å²) in [5, 5.41) is 4.09. The number of hydrogen-bond acceptors (Lipinski definition) is 2. The molecule has 0 aromatic heterocycles. The Morgan fingerprint density at radius 2 is 1.73 bits per heavy atom. The molecule has 1 heterocycles. The highest BCUT2D eigenvalue weighted by Gasteiger charge is 2.22. The van der Waals surface area contributed by atoms with Gasteiger partial charge in [0.15, 0.2) is 0 Å². The summed E-state index contributed by atoms with van der Waals surface area (Å²) in [6, 6.07) is 18.5. The zero-order valence-corrected chi connectivity index (χ0v) is 15.9. The molecule has 0 unspecified atom stereocenters. The van der Waals surface area contributed by atoms with Crippen LogP contribution in [0.4, 0.5) is 0 Å². The lowest BCUT2D eigenvalue weighted by atomic mass is 9.90. The Bertz CT molecular complexity index is 696. The van der Waals surface area contributed by atoms with Gasteiger partial charge < -0.3 is 10.2 Å². The van der Waals surface area contributed by atoms with E-state index in [1.807, 2.05) is 29.2 Å². The predicted octanol–water partition coefficient (Wildman–Crippen LogP) is 4.30. The molecule has 26 heavy (non-hydrogen) atoms. The molecular formula is C22H27ClN2O. The van der Waals surface area contributed by atoms with Gasteiger partial charge in [-0.05, 0) is 42.4 Å². The highest BCUT2D eigenvalue weighted by atomic mass is 35.5. The Balaban J connectivity index is 1.34. The SMILES string of the molecule is O=C(CCNCc1ccccc1Cl)N1CCC(Cc2ccccc2)CC1. The van der Waals surface area contributed by atoms with Crippen LogP contribution < -0.4 is 5.32 Å². The van der Waals surface area contributed by atoms with E-state index in [9.17, 15) is 4.79 Å². The molecule has 1 fully saturated rings. The van der Waals surface area contributed by atoms with Crippen LogP contribution in [-0.4, -0.2) is 30.4 Å². The predicted molar refractivity (Wildman–Crippen MR) is 107 cm³/mol. The molecule has 0 radical (unpaired) electrons. The number of likely N-dealkylation sites (tertiary alicyclic amines) is 1. The highest BCUT2D eigenvalue weighted by Crippen LogP contribution is 2.22. The molecular weight excluding hydrogens is 344 g/mol. The molecule has 0 bridgehead atoms. The second kappa shape index (κ2) is 9.75. The van der Waals surface area contributed by atoms with Crippen molar-refractivity contribution in [2.45, 2.75) is 32.2 Å². The fourth-order valence-electron chi connectivity index (χ4n) is 3.55. The van der Waals surface area contributed by atoms with Gasteiger partial charge in [0.2, 0.25) is 5.91 Å². The van der Waals surface area contributed by atoms with Gasteiger partial charge in [-0.15, -0.1) is 0 Å². The van der Waals surface area contributed by atoms with Gasteiger partial charge in [-0.1, -0.05) is 60.1 Å². The summed E-state index contributed by atoms with van der Waals surface area (Å²) in [7, 11) is 0. The number of halogens is 1. The monoisotopic (exact) mass is 370 g/mol. The number of rotatable bonds is 7. The minimum Gasteiger partial charge on any atom is -0.343 e. The minimum atomic E-state index is 0.259. The molecule has 1 saturated heterocycles. The Morgan fingerprint density at radius 3 is 2.46 bits per heavy atom. The number of nitrogens with one attached hydrogen (secondary N) is 1. The number of carbonyl (C=O) groups excluding carboxylic acids is 1. The lowest BCUT2D eigenvalue weighted by molar-refractivity contribution is -0.132. The normalized spacial score (nSPS) is 15.2. The van der Waals surface area contributed by atoms with Crippen LogP contribution >= 0.6 is 11.6 Å². The topological polar surface area (TPSA) is 32.3 Å². The third kappa shape index (κ3) is 5.58. The molecule has 0 atom stereocenters. The molecule has 0 saturated carbocycles. The van der Waals surface area contributed by atoms with Crippen LogP contribution in [0, 0.1) is 5.92 Å². The summed E-state index contributed by atoms with van der Waals surface area (Å²) in [6.07, 6.45) is 3.89. The van der Waals surface area contributed by atoms with Crippen molar-refractivity contribution in [1.82, 2.24) is 10.2 Å². The third-order valence-corrected chi connectivity index (χ3v) is 5.49. The van der Waals surface area contributed by atoms with Crippen LogP contribution in [0.15, 0.2) is 54.6 Å². The smallest absolute Gasteiger partial charge is 0.223 e. The molecule has 3 nitrogen and oxygen atoms in total. The Morgan fingerprint density at radius 1 is 1.04 bits per heavy atom. The maximum absolute atomic E-state index is 12.4. The summed E-state index contributed by atoms with van der Waals surface area (Å²) in [5.74, 6) is 0.953. The van der Waals surface area contributed by atoms with E-state index in [0.717, 1.165) is 42.9 Å². The number of amides is 1. The standard InChI is InChI=1S/C22H27ClN2O/c23-21-9-5-4-8-20(21)17-24-13-10-22(26)25-14-11-19(12-15-25)16-18-6-2-1-3-7-18/h1-9,19,24H,10-17H2. The van der Waals surface area contributed by atoms with Crippen LogP contribution in [0.1, 0.15) is 30.4 Å². The van der Waals surface area contributed by atoms with E-state index in [1.54, 1.807) is 0 Å². The van der Waals surface area contributed by atoms with Crippen molar-refractivity contribution >= 4 is 17.5 Å². The molecule has 1 aliphatic rings. The minimum absolute atomic E-state index is 0.259. The van der Waals surface area contributed by atoms with Crippen LogP contribution in [0.25, 0.3) is 0 Å². The number of nitrogens with zero attached hydrogens (tertiary/aromatic N) is 1. The van der Waals surface area contributed by atoms with E-state index in [0.29, 0.717) is 25.4 Å². The van der Waals surface area contributed by atoms with E-state index < -0.39 is 0 Å². The molecule has 3 rings (SSSR count). The maximum Gasteiger partial charge on any atom is 0.223 e. The number of carbonyl (C=O) groups is 1. The van der Waals surface area contributed by atoms with E-state index in [1.165, 1.54) is 5.56 Å². The van der Waals surface area contributed by atoms with E-state index in [-0.39, 0.29) is 5.91 Å². The van der Waals surface area contributed by atoms with Gasteiger partial charge in [0.05, 0.1) is 0 Å². The van der Waals surface area contributed by atoms with Gasteiger partial charge in [-0.3, -0.25) is 4.79 Å². The molecule has 1 amide bonds. The van der Waals surface area contributed by atoms with Crippen LogP contribution in [0.3, 0.4) is 0 Å². The van der Waals surface area contributed by atoms with Gasteiger partial charge >= 0.3 is 0 Å². The van der Waals surface area contributed by atoms with Gasteiger partial charge in [0.25, 0.3) is 0 Å². The Hall–Kier alpha value is -1.84. The molecule has 1 N–H and O–H groups in total. The van der Waals surface area contributed by atoms with Crippen LogP contribution in [0.2, 0.25) is 5.02 Å². The molecule has 4 heteroatoms. The van der Waals surface area contributed by atoms with Crippen molar-refractivity contribution in [2.75, 3.05) is 19.6 Å². The number of hydrogen-bond donors (Lipinski definition) is 1. The van der Waals surface area contributed by atoms with Crippen molar-refractivity contribution < 1.29 is 4.79 Å². The summed E-state index contributed by atoms with van der Waals surface area (Å²) in [4.78, 5) is 14.4. The zero-order valence-electron chi connectivity index (χ0n) is 15.2.